The average molecular weight is 376 g/mol. The number of halogens is 4. The molecule has 134 valence electrons. The second-order valence-corrected chi connectivity index (χ2v) is 5.37. The lowest BCUT2D eigenvalue weighted by atomic mass is 10.3. The summed E-state index contributed by atoms with van der Waals surface area (Å²) >= 11 is 6.02. The molecule has 11 heteroatoms. The molecule has 0 aliphatic heterocycles. The van der Waals surface area contributed by atoms with Crippen LogP contribution in [0.5, 0.6) is 0 Å². The molecule has 0 unspecified atom stereocenters. The Morgan fingerprint density at radius 1 is 1.36 bits per heavy atom. The number of carbonyl (C=O) groups is 1. The number of nitrogens with one attached hydrogen (secondary N) is 1. The Balaban J connectivity index is 2.37. The number of nitrogens with zero attached hydrogens (tertiary/aromatic N) is 4. The van der Waals surface area contributed by atoms with Crippen molar-refractivity contribution in [3.8, 4) is 5.82 Å². The molecule has 0 atom stereocenters. The molecule has 0 saturated carbocycles. The van der Waals surface area contributed by atoms with Crippen LogP contribution in [0.15, 0.2) is 29.3 Å². The van der Waals surface area contributed by atoms with Gasteiger partial charge in [-0.1, -0.05) is 11.6 Å². The van der Waals surface area contributed by atoms with Gasteiger partial charge in [-0.05, 0) is 12.1 Å². The van der Waals surface area contributed by atoms with Gasteiger partial charge in [-0.2, -0.15) is 23.0 Å². The molecule has 1 amide bonds. The summed E-state index contributed by atoms with van der Waals surface area (Å²) < 4.78 is 38.4. The first kappa shape index (κ1) is 18.7. The minimum Gasteiger partial charge on any atom is -0.363 e. The molecule has 25 heavy (non-hydrogen) atoms. The number of aromatic nitrogens is 3. The zero-order valence-electron chi connectivity index (χ0n) is 13.1. The van der Waals surface area contributed by atoms with Gasteiger partial charge < -0.3 is 10.2 Å². The van der Waals surface area contributed by atoms with Crippen LogP contribution in [0.2, 0.25) is 5.02 Å². The first-order valence-corrected chi connectivity index (χ1v) is 7.26. The Bertz CT molecular complexity index is 836. The van der Waals surface area contributed by atoms with Crippen LogP contribution in [0.1, 0.15) is 5.56 Å². The highest BCUT2D eigenvalue weighted by atomic mass is 35.5. The van der Waals surface area contributed by atoms with Gasteiger partial charge in [0.2, 0.25) is 5.91 Å². The van der Waals surface area contributed by atoms with Crippen molar-refractivity contribution in [2.45, 2.75) is 6.18 Å². The van der Waals surface area contributed by atoms with Gasteiger partial charge in [0.1, 0.15) is 5.02 Å². The van der Waals surface area contributed by atoms with Crippen LogP contribution in [-0.2, 0) is 11.0 Å². The normalized spacial score (nSPS) is 11.3. The minimum absolute atomic E-state index is 0.0557. The second kappa shape index (κ2) is 7.09. The Morgan fingerprint density at radius 2 is 2.04 bits per heavy atom. The smallest absolute Gasteiger partial charge is 0.363 e. The molecule has 0 spiro atoms. The molecule has 0 fully saturated rings. The van der Waals surface area contributed by atoms with E-state index < -0.39 is 17.3 Å². The Morgan fingerprint density at radius 3 is 2.56 bits per heavy atom. The third-order valence-electron chi connectivity index (χ3n) is 3.26. The molecule has 2 rings (SSSR count). The van der Waals surface area contributed by atoms with Gasteiger partial charge in [-0.25, -0.2) is 4.98 Å². The number of hydrogen-bond donors (Lipinski definition) is 1. The van der Waals surface area contributed by atoms with Crippen molar-refractivity contribution in [2.24, 2.45) is 0 Å². The largest absolute Gasteiger partial charge is 0.417 e. The number of carbonyl (C=O) groups excluding carboxylic acids is 1. The number of likely N-dealkylation sites (N-methyl/N-ethyl adjacent to an activating group) is 2. The summed E-state index contributed by atoms with van der Waals surface area (Å²) in [6.45, 7) is -0.0557. The number of alkyl halides is 3. The molecule has 7 nitrogen and oxygen atoms in total. The van der Waals surface area contributed by atoms with E-state index in [-0.39, 0.29) is 29.0 Å². The fourth-order valence-corrected chi connectivity index (χ4v) is 2.19. The molecule has 0 aliphatic carbocycles. The van der Waals surface area contributed by atoms with Crippen LogP contribution < -0.4 is 15.8 Å². The highest BCUT2D eigenvalue weighted by molar-refractivity contribution is 6.33. The molecular weight excluding hydrogens is 363 g/mol. The summed E-state index contributed by atoms with van der Waals surface area (Å²) in [6.07, 6.45) is -2.71. The summed E-state index contributed by atoms with van der Waals surface area (Å²) in [4.78, 5) is 28.7. The Labute approximate surface area is 145 Å². The standard InChI is InChI=1S/C14H13ClF3N5O2/c1-19-11(24)7-22(2)9-6-21-23(13(25)12(9)15)10-4-3-8(5-20-10)14(16,17)18/h3-6H,7H2,1-2H3,(H,19,24). The van der Waals surface area contributed by atoms with Crippen molar-refractivity contribution in [1.29, 1.82) is 0 Å². The van der Waals surface area contributed by atoms with Crippen LogP contribution in [0.25, 0.3) is 5.82 Å². The van der Waals surface area contributed by atoms with Crippen LogP contribution in [0.3, 0.4) is 0 Å². The lowest BCUT2D eigenvalue weighted by Crippen LogP contribution is -2.34. The third kappa shape index (κ3) is 4.08. The predicted octanol–water partition coefficient (Wildman–Crippen LogP) is 1.48. The van der Waals surface area contributed by atoms with E-state index in [1.54, 1.807) is 0 Å². The lowest BCUT2D eigenvalue weighted by Gasteiger charge is -2.19. The Kier molecular flexibility index (Phi) is 5.31. The van der Waals surface area contributed by atoms with Crippen LogP contribution >= 0.6 is 11.6 Å². The van der Waals surface area contributed by atoms with E-state index in [9.17, 15) is 22.8 Å². The summed E-state index contributed by atoms with van der Waals surface area (Å²) in [5.74, 6) is -0.410. The maximum Gasteiger partial charge on any atom is 0.417 e. The summed E-state index contributed by atoms with van der Waals surface area (Å²) in [7, 11) is 3.00. The summed E-state index contributed by atoms with van der Waals surface area (Å²) in [5, 5.41) is 6.05. The minimum atomic E-state index is -4.53. The number of hydrogen-bond acceptors (Lipinski definition) is 5. The van der Waals surface area contributed by atoms with E-state index in [2.05, 4.69) is 15.4 Å². The van der Waals surface area contributed by atoms with Crippen molar-refractivity contribution in [1.82, 2.24) is 20.1 Å². The van der Waals surface area contributed by atoms with Crippen LogP contribution in [-0.4, -0.2) is 41.3 Å². The number of rotatable bonds is 4. The summed E-state index contributed by atoms with van der Waals surface area (Å²) in [6, 6.07) is 1.80. The van der Waals surface area contributed by atoms with Gasteiger partial charge in [-0.3, -0.25) is 9.59 Å². The first-order valence-electron chi connectivity index (χ1n) is 6.88. The van der Waals surface area contributed by atoms with E-state index in [0.717, 1.165) is 16.8 Å². The van der Waals surface area contributed by atoms with Gasteiger partial charge in [0.25, 0.3) is 5.56 Å². The number of amides is 1. The fraction of sp³-hybridized carbons (Fsp3) is 0.286. The molecule has 0 aromatic carbocycles. The molecule has 0 saturated heterocycles. The van der Waals surface area contributed by atoms with E-state index in [0.29, 0.717) is 6.20 Å². The lowest BCUT2D eigenvalue weighted by molar-refractivity contribution is -0.137. The molecule has 0 radical (unpaired) electrons. The van der Waals surface area contributed by atoms with Crippen LogP contribution in [0, 0.1) is 0 Å². The van der Waals surface area contributed by atoms with Crippen molar-refractivity contribution in [3.63, 3.8) is 0 Å². The maximum atomic E-state index is 12.6. The highest BCUT2D eigenvalue weighted by Gasteiger charge is 2.30. The SMILES string of the molecule is CNC(=O)CN(C)c1cnn(-c2ccc(C(F)(F)F)cn2)c(=O)c1Cl. The number of anilines is 1. The van der Waals surface area contributed by atoms with Crippen molar-refractivity contribution in [2.75, 3.05) is 25.5 Å². The first-order chi connectivity index (χ1) is 11.6. The molecule has 2 aromatic rings. The van der Waals surface area contributed by atoms with Gasteiger partial charge >= 0.3 is 6.18 Å². The van der Waals surface area contributed by atoms with Gasteiger partial charge in [-0.15, -0.1) is 0 Å². The maximum absolute atomic E-state index is 12.6. The molecule has 2 aromatic heterocycles. The molecular formula is C14H13ClF3N5O2. The van der Waals surface area contributed by atoms with Gasteiger partial charge in [0.15, 0.2) is 5.82 Å². The molecule has 0 aliphatic rings. The third-order valence-corrected chi connectivity index (χ3v) is 3.62. The molecule has 2 heterocycles. The zero-order chi connectivity index (χ0) is 18.8. The van der Waals surface area contributed by atoms with E-state index in [4.69, 9.17) is 11.6 Å². The predicted molar refractivity (Wildman–Crippen MR) is 85.0 cm³/mol. The van der Waals surface area contributed by atoms with Gasteiger partial charge in [0.05, 0.1) is 24.0 Å². The number of pyridine rings is 1. The highest BCUT2D eigenvalue weighted by Crippen LogP contribution is 2.28. The topological polar surface area (TPSA) is 80.1 Å². The monoisotopic (exact) mass is 375 g/mol. The average Bonchev–Trinajstić information content (AvgIpc) is 2.56. The van der Waals surface area contributed by atoms with Crippen molar-refractivity contribution in [3.05, 3.63) is 45.5 Å². The molecule has 1 N–H and O–H groups in total. The van der Waals surface area contributed by atoms with Crippen LogP contribution in [0.4, 0.5) is 18.9 Å². The quantitative estimate of drug-likeness (QED) is 0.875. The Hall–Kier alpha value is -2.62. The van der Waals surface area contributed by atoms with Gasteiger partial charge in [0, 0.05) is 20.3 Å². The van der Waals surface area contributed by atoms with E-state index in [1.165, 1.54) is 25.2 Å². The van der Waals surface area contributed by atoms with Crippen molar-refractivity contribution >= 4 is 23.2 Å². The zero-order valence-corrected chi connectivity index (χ0v) is 13.9. The van der Waals surface area contributed by atoms with Crippen molar-refractivity contribution < 1.29 is 18.0 Å². The molecule has 0 bridgehead atoms. The van der Waals surface area contributed by atoms with E-state index in [1.807, 2.05) is 0 Å². The summed E-state index contributed by atoms with van der Waals surface area (Å²) in [5.41, 5.74) is -1.51. The second-order valence-electron chi connectivity index (χ2n) is 4.99. The van der Waals surface area contributed by atoms with E-state index >= 15 is 0 Å². The fourth-order valence-electron chi connectivity index (χ4n) is 1.91.